The summed E-state index contributed by atoms with van der Waals surface area (Å²) in [6.45, 7) is 3.84. The smallest absolute Gasteiger partial charge is 0.220 e. The lowest BCUT2D eigenvalue weighted by molar-refractivity contribution is -0.302. The van der Waals surface area contributed by atoms with Gasteiger partial charge in [-0.25, -0.2) is 0 Å². The second kappa shape index (κ2) is 45.9. The Labute approximate surface area is 395 Å². The number of carbonyl (C=O) groups excluding carboxylic acids is 1. The normalized spacial score (nSPS) is 19.9. The van der Waals surface area contributed by atoms with Crippen LogP contribution in [0, 0.1) is 0 Å². The van der Waals surface area contributed by atoms with Crippen LogP contribution in [0.3, 0.4) is 0 Å². The van der Waals surface area contributed by atoms with Gasteiger partial charge in [0.2, 0.25) is 5.91 Å². The van der Waals surface area contributed by atoms with Crippen molar-refractivity contribution in [2.75, 3.05) is 13.2 Å². The third-order valence-electron chi connectivity index (χ3n) is 14.0. The van der Waals surface area contributed by atoms with Crippen LogP contribution in [0.1, 0.15) is 290 Å². The van der Waals surface area contributed by atoms with Crippen LogP contribution in [0.25, 0.3) is 0 Å². The fraction of sp³-hybridized carbons (Fsp3) is 0.982. The van der Waals surface area contributed by atoms with Gasteiger partial charge in [-0.3, -0.25) is 4.79 Å². The molecule has 64 heavy (non-hydrogen) atoms. The molecule has 1 aliphatic rings. The summed E-state index contributed by atoms with van der Waals surface area (Å²) < 4.78 is 11.3. The van der Waals surface area contributed by atoms with Crippen LogP contribution in [0.2, 0.25) is 0 Å². The van der Waals surface area contributed by atoms with Crippen LogP contribution >= 0.6 is 0 Å². The van der Waals surface area contributed by atoms with E-state index in [1.807, 2.05) is 0 Å². The lowest BCUT2D eigenvalue weighted by Crippen LogP contribution is -2.60. The van der Waals surface area contributed by atoms with Crippen LogP contribution < -0.4 is 5.32 Å². The second-order valence-electron chi connectivity index (χ2n) is 20.1. The summed E-state index contributed by atoms with van der Waals surface area (Å²) in [6, 6.07) is -0.711. The Morgan fingerprint density at radius 1 is 0.469 bits per heavy atom. The van der Waals surface area contributed by atoms with Crippen molar-refractivity contribution in [1.82, 2.24) is 5.32 Å². The molecule has 1 heterocycles. The van der Waals surface area contributed by atoms with Crippen molar-refractivity contribution < 1.29 is 39.8 Å². The van der Waals surface area contributed by atoms with Gasteiger partial charge in [0.25, 0.3) is 0 Å². The number of unbranched alkanes of at least 4 members (excludes halogenated alkanes) is 39. The molecule has 9 heteroatoms. The van der Waals surface area contributed by atoms with Crippen molar-refractivity contribution in [2.24, 2.45) is 0 Å². The van der Waals surface area contributed by atoms with Gasteiger partial charge >= 0.3 is 0 Å². The van der Waals surface area contributed by atoms with E-state index in [1.165, 1.54) is 225 Å². The van der Waals surface area contributed by atoms with Gasteiger partial charge in [-0.1, -0.05) is 271 Å². The van der Waals surface area contributed by atoms with E-state index in [4.69, 9.17) is 9.47 Å². The molecular formula is C55H109NO8. The van der Waals surface area contributed by atoms with Gasteiger partial charge < -0.3 is 40.3 Å². The largest absolute Gasteiger partial charge is 0.394 e. The van der Waals surface area contributed by atoms with Crippen LogP contribution in [0.5, 0.6) is 0 Å². The van der Waals surface area contributed by atoms with Crippen molar-refractivity contribution in [3.05, 3.63) is 0 Å². The Kier molecular flexibility index (Phi) is 43.9. The number of carbonyl (C=O) groups is 1. The summed E-state index contributed by atoms with van der Waals surface area (Å²) in [4.78, 5) is 12.9. The molecule has 1 fully saturated rings. The van der Waals surface area contributed by atoms with Crippen molar-refractivity contribution in [3.63, 3.8) is 0 Å². The fourth-order valence-electron chi connectivity index (χ4n) is 9.46. The van der Waals surface area contributed by atoms with E-state index in [1.54, 1.807) is 0 Å². The maximum absolute atomic E-state index is 12.9. The molecule has 1 amide bonds. The maximum atomic E-state index is 12.9. The number of hydrogen-bond acceptors (Lipinski definition) is 8. The zero-order chi connectivity index (χ0) is 46.6. The Morgan fingerprint density at radius 3 is 1.11 bits per heavy atom. The predicted octanol–water partition coefficient (Wildman–Crippen LogP) is 13.5. The van der Waals surface area contributed by atoms with E-state index >= 15 is 0 Å². The number of ether oxygens (including phenoxy) is 2. The van der Waals surface area contributed by atoms with Crippen molar-refractivity contribution in [3.8, 4) is 0 Å². The summed E-state index contributed by atoms with van der Waals surface area (Å²) >= 11 is 0. The van der Waals surface area contributed by atoms with Gasteiger partial charge in [0.05, 0.1) is 25.4 Å². The van der Waals surface area contributed by atoms with E-state index in [0.717, 1.165) is 38.5 Å². The average molecular weight is 912 g/mol. The Hall–Kier alpha value is -0.810. The lowest BCUT2D eigenvalue weighted by Gasteiger charge is -2.40. The molecule has 7 unspecified atom stereocenters. The van der Waals surface area contributed by atoms with Crippen molar-refractivity contribution >= 4 is 5.91 Å². The third kappa shape index (κ3) is 35.3. The molecule has 7 atom stereocenters. The maximum Gasteiger partial charge on any atom is 0.220 e. The minimum atomic E-state index is -1.55. The molecule has 0 bridgehead atoms. The molecule has 1 aliphatic heterocycles. The Morgan fingerprint density at radius 2 is 0.781 bits per heavy atom. The van der Waals surface area contributed by atoms with Gasteiger partial charge in [-0.2, -0.15) is 0 Å². The van der Waals surface area contributed by atoms with Gasteiger partial charge in [0.1, 0.15) is 24.4 Å². The minimum Gasteiger partial charge on any atom is -0.394 e. The molecule has 6 N–H and O–H groups in total. The SMILES string of the molecule is CCCCCCCCCCCCCCCCCCCCCCCCCCCCCCCCCCC(O)C(COC1OC(CO)C(O)C(O)C1O)NC(=O)CCCCCCCCCCC. The molecule has 0 saturated carbocycles. The first-order chi connectivity index (χ1) is 31.3. The van der Waals surface area contributed by atoms with E-state index in [2.05, 4.69) is 19.2 Å². The predicted molar refractivity (Wildman–Crippen MR) is 268 cm³/mol. The van der Waals surface area contributed by atoms with E-state index in [9.17, 15) is 30.3 Å². The lowest BCUT2D eigenvalue weighted by atomic mass is 9.99. The summed E-state index contributed by atoms with van der Waals surface area (Å²) in [7, 11) is 0. The molecule has 382 valence electrons. The molecule has 0 radical (unpaired) electrons. The highest BCUT2D eigenvalue weighted by Gasteiger charge is 2.44. The third-order valence-corrected chi connectivity index (χ3v) is 14.0. The number of aliphatic hydroxyl groups is 5. The van der Waals surface area contributed by atoms with E-state index in [0.29, 0.717) is 12.8 Å². The molecule has 0 aromatic heterocycles. The highest BCUT2D eigenvalue weighted by molar-refractivity contribution is 5.76. The molecule has 9 nitrogen and oxygen atoms in total. The van der Waals surface area contributed by atoms with Crippen LogP contribution in [0.4, 0.5) is 0 Å². The number of nitrogens with one attached hydrogen (secondary N) is 1. The summed E-state index contributed by atoms with van der Waals surface area (Å²) in [6.07, 6.45) is 47.4. The summed E-state index contributed by atoms with van der Waals surface area (Å²) in [5, 5.41) is 54.4. The zero-order valence-corrected chi connectivity index (χ0v) is 42.3. The van der Waals surface area contributed by atoms with E-state index < -0.39 is 49.5 Å². The average Bonchev–Trinajstić information content (AvgIpc) is 3.29. The molecule has 1 rings (SSSR count). The van der Waals surface area contributed by atoms with Crippen molar-refractivity contribution in [2.45, 2.75) is 333 Å². The molecular weight excluding hydrogens is 803 g/mol. The van der Waals surface area contributed by atoms with Crippen molar-refractivity contribution in [1.29, 1.82) is 0 Å². The highest BCUT2D eigenvalue weighted by atomic mass is 16.7. The topological polar surface area (TPSA) is 149 Å². The highest BCUT2D eigenvalue weighted by Crippen LogP contribution is 2.23. The number of aliphatic hydroxyl groups excluding tert-OH is 5. The van der Waals surface area contributed by atoms with Gasteiger partial charge in [-0.05, 0) is 12.8 Å². The van der Waals surface area contributed by atoms with Gasteiger partial charge in [-0.15, -0.1) is 0 Å². The molecule has 1 saturated heterocycles. The Balaban J connectivity index is 2.06. The van der Waals surface area contributed by atoms with Crippen LogP contribution in [-0.2, 0) is 14.3 Å². The van der Waals surface area contributed by atoms with Crippen LogP contribution in [0.15, 0.2) is 0 Å². The molecule has 0 spiro atoms. The first-order valence-corrected chi connectivity index (χ1v) is 28.2. The second-order valence-corrected chi connectivity index (χ2v) is 20.1. The number of amides is 1. The standard InChI is InChI=1S/C55H109NO8/c1-3-5-7-9-11-13-14-15-16-17-18-19-20-21-22-23-24-25-26-27-28-29-30-31-32-33-34-35-37-38-40-42-44-49(58)48(47-63-55-54(62)53(61)52(60)50(46-57)64-55)56-51(59)45-43-41-39-36-12-10-8-6-4-2/h48-50,52-55,57-58,60-62H,3-47H2,1-2H3,(H,56,59). The number of hydrogen-bond donors (Lipinski definition) is 6. The quantitative estimate of drug-likeness (QED) is 0.0331. The van der Waals surface area contributed by atoms with Gasteiger partial charge in [0.15, 0.2) is 6.29 Å². The van der Waals surface area contributed by atoms with Crippen LogP contribution in [-0.4, -0.2) is 87.5 Å². The Bertz CT molecular complexity index is 970. The zero-order valence-electron chi connectivity index (χ0n) is 42.3. The number of rotatable bonds is 49. The first kappa shape index (κ1) is 61.2. The fourth-order valence-corrected chi connectivity index (χ4v) is 9.46. The monoisotopic (exact) mass is 912 g/mol. The molecule has 0 aromatic rings. The first-order valence-electron chi connectivity index (χ1n) is 28.2. The summed E-state index contributed by atoms with van der Waals surface area (Å²) in [5.41, 5.74) is 0. The molecule has 0 aliphatic carbocycles. The minimum absolute atomic E-state index is 0.132. The van der Waals surface area contributed by atoms with Gasteiger partial charge in [0, 0.05) is 6.42 Å². The molecule has 0 aromatic carbocycles. The summed E-state index contributed by atoms with van der Waals surface area (Å²) in [5.74, 6) is -0.143. The van der Waals surface area contributed by atoms with E-state index in [-0.39, 0.29) is 12.5 Å².